The van der Waals surface area contributed by atoms with Gasteiger partial charge in [0, 0.05) is 24.7 Å². The lowest BCUT2D eigenvalue weighted by Crippen LogP contribution is -2.50. The van der Waals surface area contributed by atoms with Crippen LogP contribution in [0.3, 0.4) is 0 Å². The molecule has 0 aliphatic heterocycles. The van der Waals surface area contributed by atoms with E-state index in [1.165, 1.54) is 0 Å². The minimum atomic E-state index is -0.715. The molecule has 1 aromatic carbocycles. The maximum atomic E-state index is 12.2. The SMILES string of the molecule is CCCCNC(=O)OC(C)N(C(C)OC(=O)NCCCC)C(CN)c1cccc(Cl)c1. The van der Waals surface area contributed by atoms with Crippen molar-refractivity contribution < 1.29 is 19.1 Å². The summed E-state index contributed by atoms with van der Waals surface area (Å²) >= 11 is 6.17. The monoisotopic (exact) mass is 456 g/mol. The van der Waals surface area contributed by atoms with E-state index in [-0.39, 0.29) is 6.54 Å². The van der Waals surface area contributed by atoms with Gasteiger partial charge in [-0.15, -0.1) is 0 Å². The fraction of sp³-hybridized carbons (Fsp3) is 0.636. The molecule has 0 fully saturated rings. The molecule has 9 heteroatoms. The van der Waals surface area contributed by atoms with Gasteiger partial charge in [-0.2, -0.15) is 0 Å². The predicted molar refractivity (Wildman–Crippen MR) is 123 cm³/mol. The van der Waals surface area contributed by atoms with Gasteiger partial charge in [0.05, 0.1) is 6.04 Å². The van der Waals surface area contributed by atoms with Gasteiger partial charge in [0.1, 0.15) is 0 Å². The second-order valence-electron chi connectivity index (χ2n) is 7.32. The number of ether oxygens (including phenoxy) is 2. The number of unbranched alkanes of at least 4 members (excludes halogenated alkanes) is 2. The number of halogens is 1. The van der Waals surface area contributed by atoms with Crippen molar-refractivity contribution in [3.05, 3.63) is 34.9 Å². The zero-order valence-corrected chi connectivity index (χ0v) is 19.8. The number of amides is 2. The molecule has 0 aliphatic rings. The quantitative estimate of drug-likeness (QED) is 0.300. The van der Waals surface area contributed by atoms with Crippen LogP contribution in [0.4, 0.5) is 9.59 Å². The van der Waals surface area contributed by atoms with Crippen LogP contribution in [0.25, 0.3) is 0 Å². The number of carbonyl (C=O) groups is 2. The molecule has 0 aliphatic carbocycles. The lowest BCUT2D eigenvalue weighted by atomic mass is 10.0. The Labute approximate surface area is 190 Å². The fourth-order valence-electron chi connectivity index (χ4n) is 3.20. The molecule has 1 rings (SSSR count). The summed E-state index contributed by atoms with van der Waals surface area (Å²) in [5.41, 5.74) is 6.92. The van der Waals surface area contributed by atoms with E-state index in [4.69, 9.17) is 26.8 Å². The van der Waals surface area contributed by atoms with E-state index in [1.807, 2.05) is 26.0 Å². The highest BCUT2D eigenvalue weighted by Gasteiger charge is 2.33. The van der Waals surface area contributed by atoms with Crippen molar-refractivity contribution in [1.82, 2.24) is 15.5 Å². The van der Waals surface area contributed by atoms with Crippen LogP contribution in [0.1, 0.15) is 65.0 Å². The van der Waals surface area contributed by atoms with Gasteiger partial charge in [-0.25, -0.2) is 14.5 Å². The standard InChI is InChI=1S/C22H37ClN4O4/c1-5-7-12-25-21(28)30-16(3)27(17(4)31-22(29)26-13-8-6-2)20(15-24)18-10-9-11-19(23)14-18/h9-11,14,16-17,20H,5-8,12-13,15,24H2,1-4H3,(H,25,28)(H,26,29). The van der Waals surface area contributed by atoms with Crippen LogP contribution in [0.2, 0.25) is 5.02 Å². The van der Waals surface area contributed by atoms with Gasteiger partial charge >= 0.3 is 12.2 Å². The highest BCUT2D eigenvalue weighted by atomic mass is 35.5. The summed E-state index contributed by atoms with van der Waals surface area (Å²) in [7, 11) is 0. The molecule has 3 atom stereocenters. The molecular formula is C22H37ClN4O4. The van der Waals surface area contributed by atoms with Gasteiger partial charge < -0.3 is 25.8 Å². The number of alkyl carbamates (subject to hydrolysis) is 2. The number of nitrogens with zero attached hydrogens (tertiary/aromatic N) is 1. The van der Waals surface area contributed by atoms with Gasteiger partial charge in [0.15, 0.2) is 12.5 Å². The largest absolute Gasteiger partial charge is 0.430 e. The number of nitrogens with two attached hydrogens (primary N) is 1. The first-order valence-electron chi connectivity index (χ1n) is 11.0. The minimum Gasteiger partial charge on any atom is -0.430 e. The van der Waals surface area contributed by atoms with Crippen molar-refractivity contribution >= 4 is 23.8 Å². The molecule has 0 bridgehead atoms. The molecule has 31 heavy (non-hydrogen) atoms. The number of hydrogen-bond acceptors (Lipinski definition) is 6. The normalized spacial score (nSPS) is 13.9. The van der Waals surface area contributed by atoms with Gasteiger partial charge in [0.25, 0.3) is 0 Å². The van der Waals surface area contributed by atoms with Crippen molar-refractivity contribution in [2.75, 3.05) is 19.6 Å². The lowest BCUT2D eigenvalue weighted by molar-refractivity contribution is -0.114. The number of nitrogens with one attached hydrogen (secondary N) is 2. The van der Waals surface area contributed by atoms with Crippen LogP contribution in [0.5, 0.6) is 0 Å². The van der Waals surface area contributed by atoms with Crippen LogP contribution >= 0.6 is 11.6 Å². The first-order valence-corrected chi connectivity index (χ1v) is 11.3. The van der Waals surface area contributed by atoms with E-state index in [2.05, 4.69) is 10.6 Å². The Morgan fingerprint density at radius 1 is 1.03 bits per heavy atom. The van der Waals surface area contributed by atoms with Crippen LogP contribution in [-0.4, -0.2) is 49.2 Å². The third kappa shape index (κ3) is 9.76. The molecule has 0 heterocycles. The Morgan fingerprint density at radius 2 is 1.55 bits per heavy atom. The molecular weight excluding hydrogens is 420 g/mol. The Hall–Kier alpha value is -2.03. The summed E-state index contributed by atoms with van der Waals surface area (Å²) in [5, 5.41) is 6.02. The van der Waals surface area contributed by atoms with Crippen molar-refractivity contribution in [3.63, 3.8) is 0 Å². The maximum absolute atomic E-state index is 12.2. The van der Waals surface area contributed by atoms with Crippen LogP contribution < -0.4 is 16.4 Å². The van der Waals surface area contributed by atoms with E-state index < -0.39 is 30.7 Å². The summed E-state index contributed by atoms with van der Waals surface area (Å²) in [4.78, 5) is 26.2. The summed E-state index contributed by atoms with van der Waals surface area (Å²) < 4.78 is 11.1. The zero-order chi connectivity index (χ0) is 23.2. The van der Waals surface area contributed by atoms with Crippen molar-refractivity contribution in [2.24, 2.45) is 5.73 Å². The Bertz CT molecular complexity index is 647. The molecule has 0 saturated carbocycles. The van der Waals surface area contributed by atoms with E-state index >= 15 is 0 Å². The Morgan fingerprint density at radius 3 is 1.97 bits per heavy atom. The average molecular weight is 457 g/mol. The first-order chi connectivity index (χ1) is 14.8. The lowest BCUT2D eigenvalue weighted by Gasteiger charge is -2.39. The molecule has 0 aromatic heterocycles. The number of hydrogen-bond donors (Lipinski definition) is 3. The highest BCUT2D eigenvalue weighted by Crippen LogP contribution is 2.27. The molecule has 0 saturated heterocycles. The highest BCUT2D eigenvalue weighted by molar-refractivity contribution is 6.30. The Balaban J connectivity index is 3.01. The molecule has 0 radical (unpaired) electrons. The van der Waals surface area contributed by atoms with Crippen LogP contribution in [0.15, 0.2) is 24.3 Å². The van der Waals surface area contributed by atoms with Gasteiger partial charge in [-0.05, 0) is 44.4 Å². The van der Waals surface area contributed by atoms with E-state index in [9.17, 15) is 9.59 Å². The third-order valence-corrected chi connectivity index (χ3v) is 5.05. The summed E-state index contributed by atoms with van der Waals surface area (Å²) in [6.07, 6.45) is 1.14. The molecule has 8 nitrogen and oxygen atoms in total. The first kappa shape index (κ1) is 27.0. The van der Waals surface area contributed by atoms with Gasteiger partial charge in [0.2, 0.25) is 0 Å². The molecule has 4 N–H and O–H groups in total. The van der Waals surface area contributed by atoms with Gasteiger partial charge in [-0.3, -0.25) is 0 Å². The van der Waals surface area contributed by atoms with Crippen molar-refractivity contribution in [1.29, 1.82) is 0 Å². The summed E-state index contributed by atoms with van der Waals surface area (Å²) in [5.74, 6) is 0. The number of benzene rings is 1. The predicted octanol–water partition coefficient (Wildman–Crippen LogP) is 4.39. The number of rotatable bonds is 13. The zero-order valence-electron chi connectivity index (χ0n) is 19.0. The molecule has 0 spiro atoms. The smallest absolute Gasteiger partial charge is 0.408 e. The second kappa shape index (κ2) is 14.9. The van der Waals surface area contributed by atoms with E-state index in [0.29, 0.717) is 18.1 Å². The van der Waals surface area contributed by atoms with Gasteiger partial charge in [-0.1, -0.05) is 50.4 Å². The molecule has 176 valence electrons. The molecule has 2 amide bonds. The molecule has 1 aromatic rings. The van der Waals surface area contributed by atoms with Crippen molar-refractivity contribution in [2.45, 2.75) is 71.9 Å². The van der Waals surface area contributed by atoms with Crippen LogP contribution in [0, 0.1) is 0 Å². The Kier molecular flexibility index (Phi) is 13.0. The van der Waals surface area contributed by atoms with Crippen molar-refractivity contribution in [3.8, 4) is 0 Å². The van der Waals surface area contributed by atoms with Crippen LogP contribution in [-0.2, 0) is 9.47 Å². The summed E-state index contributed by atoms with van der Waals surface area (Å²) in [6, 6.07) is 6.89. The second-order valence-corrected chi connectivity index (χ2v) is 7.76. The fourth-order valence-corrected chi connectivity index (χ4v) is 3.39. The average Bonchev–Trinajstić information content (AvgIpc) is 2.71. The molecule has 3 unspecified atom stereocenters. The maximum Gasteiger partial charge on any atom is 0.408 e. The number of carbonyl (C=O) groups excluding carboxylic acids is 2. The topological polar surface area (TPSA) is 106 Å². The minimum absolute atomic E-state index is 0.205. The third-order valence-electron chi connectivity index (χ3n) is 4.81. The van der Waals surface area contributed by atoms with E-state index in [0.717, 1.165) is 31.2 Å². The van der Waals surface area contributed by atoms with E-state index in [1.54, 1.807) is 30.9 Å². The summed E-state index contributed by atoms with van der Waals surface area (Å²) in [6.45, 7) is 8.79.